The molecule has 4 nitrogen and oxygen atoms in total. The summed E-state index contributed by atoms with van der Waals surface area (Å²) in [6.45, 7) is 0. The molecule has 0 saturated heterocycles. The second-order valence-electron chi connectivity index (χ2n) is 5.81. The van der Waals surface area contributed by atoms with Crippen LogP contribution in [0.2, 0.25) is 10.0 Å². The average Bonchev–Trinajstić information content (AvgIpc) is 2.63. The van der Waals surface area contributed by atoms with E-state index in [9.17, 15) is 15.0 Å². The van der Waals surface area contributed by atoms with Gasteiger partial charge in [-0.3, -0.25) is 0 Å². The molecule has 0 aliphatic heterocycles. The largest absolute Gasteiger partial charge is 0.871 e. The first-order chi connectivity index (χ1) is 12.5. The third kappa shape index (κ3) is 2.64. The van der Waals surface area contributed by atoms with E-state index in [4.69, 9.17) is 23.2 Å². The maximum Gasteiger partial charge on any atom is 0.336 e. The molecule has 4 rings (SSSR count). The molecule has 0 radical (unpaired) electrons. The van der Waals surface area contributed by atoms with Crippen LogP contribution in [-0.2, 0) is 0 Å². The van der Waals surface area contributed by atoms with Gasteiger partial charge in [0.1, 0.15) is 0 Å². The number of hydrogen-bond donors (Lipinski definition) is 1. The minimum Gasteiger partial charge on any atom is -0.871 e. The molecule has 0 saturated carbocycles. The molecule has 0 fully saturated rings. The second kappa shape index (κ2) is 6.16. The van der Waals surface area contributed by atoms with E-state index in [0.717, 1.165) is 10.8 Å². The van der Waals surface area contributed by atoms with Crippen LogP contribution in [0, 0.1) is 0 Å². The molecule has 26 heavy (non-hydrogen) atoms. The number of carboxylic acid groups (broad SMARTS) is 1. The molecule has 3 aromatic carbocycles. The van der Waals surface area contributed by atoms with Crippen molar-refractivity contribution in [3.63, 3.8) is 0 Å². The fraction of sp³-hybridized carbons (Fsp3) is 0. The Hall–Kier alpha value is -2.82. The SMILES string of the molecule is O=C(O)c1cc(-c2cc(Cl)cc(Cl)c2[O-])nc2c1ccc1ccccc12. The molecular weight excluding hydrogens is 373 g/mol. The molecule has 0 atom stereocenters. The van der Waals surface area contributed by atoms with Crippen molar-refractivity contribution in [2.24, 2.45) is 0 Å². The van der Waals surface area contributed by atoms with Crippen LogP contribution < -0.4 is 5.11 Å². The summed E-state index contributed by atoms with van der Waals surface area (Å²) in [5.41, 5.74) is 0.959. The van der Waals surface area contributed by atoms with Crippen molar-refractivity contribution in [1.82, 2.24) is 4.98 Å². The molecule has 4 aromatic rings. The Labute approximate surface area is 158 Å². The Kier molecular flexibility index (Phi) is 3.94. The predicted octanol–water partition coefficient (Wildman–Crippen LogP) is 5.13. The maximum absolute atomic E-state index is 12.4. The van der Waals surface area contributed by atoms with Crippen LogP contribution in [0.4, 0.5) is 0 Å². The molecule has 1 heterocycles. The summed E-state index contributed by atoms with van der Waals surface area (Å²) in [6.07, 6.45) is 0. The van der Waals surface area contributed by atoms with E-state index in [1.54, 1.807) is 6.07 Å². The molecular formula is C20H10Cl2NO3-. The number of aromatic nitrogens is 1. The van der Waals surface area contributed by atoms with Gasteiger partial charge in [0.05, 0.1) is 16.8 Å². The monoisotopic (exact) mass is 382 g/mol. The molecule has 128 valence electrons. The second-order valence-corrected chi connectivity index (χ2v) is 6.65. The van der Waals surface area contributed by atoms with E-state index < -0.39 is 11.7 Å². The summed E-state index contributed by atoms with van der Waals surface area (Å²) in [5.74, 6) is -1.55. The molecule has 6 heteroatoms. The van der Waals surface area contributed by atoms with Gasteiger partial charge < -0.3 is 10.2 Å². The van der Waals surface area contributed by atoms with Gasteiger partial charge in [-0.15, -0.1) is 0 Å². The average molecular weight is 383 g/mol. The van der Waals surface area contributed by atoms with Crippen molar-refractivity contribution >= 4 is 50.8 Å². The minimum atomic E-state index is -1.10. The van der Waals surface area contributed by atoms with Gasteiger partial charge in [-0.2, -0.15) is 0 Å². The third-order valence-corrected chi connectivity index (χ3v) is 4.72. The van der Waals surface area contributed by atoms with Gasteiger partial charge in [-0.1, -0.05) is 65.3 Å². The van der Waals surface area contributed by atoms with Crippen LogP contribution in [0.25, 0.3) is 32.9 Å². The summed E-state index contributed by atoms with van der Waals surface area (Å²) in [4.78, 5) is 16.4. The van der Waals surface area contributed by atoms with Gasteiger partial charge in [0.25, 0.3) is 0 Å². The van der Waals surface area contributed by atoms with Gasteiger partial charge in [0.15, 0.2) is 0 Å². The highest BCUT2D eigenvalue weighted by atomic mass is 35.5. The number of carbonyl (C=O) groups is 1. The van der Waals surface area contributed by atoms with E-state index >= 15 is 0 Å². The zero-order valence-corrected chi connectivity index (χ0v) is 14.7. The fourth-order valence-corrected chi connectivity index (χ4v) is 3.52. The molecule has 0 unspecified atom stereocenters. The Morgan fingerprint density at radius 2 is 1.77 bits per heavy atom. The zero-order chi connectivity index (χ0) is 18.4. The summed E-state index contributed by atoms with van der Waals surface area (Å²) in [7, 11) is 0. The minimum absolute atomic E-state index is 0.0378. The van der Waals surface area contributed by atoms with E-state index in [-0.39, 0.29) is 26.9 Å². The number of rotatable bonds is 2. The summed E-state index contributed by atoms with van der Waals surface area (Å²) in [5, 5.41) is 24.5. The van der Waals surface area contributed by atoms with Crippen molar-refractivity contribution in [3.8, 4) is 17.0 Å². The van der Waals surface area contributed by atoms with Gasteiger partial charge in [0, 0.05) is 20.8 Å². The molecule has 0 bridgehead atoms. The standard InChI is InChI=1S/C20H11Cl2NO3/c21-11-7-15(19(24)16(22)8-11)17-9-14(20(25)26)13-6-5-10-3-1-2-4-12(10)18(13)23-17/h1-9,24H,(H,25,26)/p-1. The van der Waals surface area contributed by atoms with E-state index in [1.807, 2.05) is 30.3 Å². The van der Waals surface area contributed by atoms with E-state index in [1.165, 1.54) is 18.2 Å². The Bertz CT molecular complexity index is 1200. The topological polar surface area (TPSA) is 73.2 Å². The zero-order valence-electron chi connectivity index (χ0n) is 13.2. The molecule has 1 aromatic heterocycles. The number of hydrogen-bond acceptors (Lipinski definition) is 3. The highest BCUT2D eigenvalue weighted by Gasteiger charge is 2.16. The fourth-order valence-electron chi connectivity index (χ4n) is 3.03. The van der Waals surface area contributed by atoms with Gasteiger partial charge in [-0.25, -0.2) is 9.78 Å². The number of pyridine rings is 1. The van der Waals surface area contributed by atoms with Crippen LogP contribution in [0.3, 0.4) is 0 Å². The van der Waals surface area contributed by atoms with Crippen LogP contribution in [0.1, 0.15) is 10.4 Å². The third-order valence-electron chi connectivity index (χ3n) is 4.22. The lowest BCUT2D eigenvalue weighted by molar-refractivity contribution is -0.267. The van der Waals surface area contributed by atoms with Crippen molar-refractivity contribution < 1.29 is 15.0 Å². The summed E-state index contributed by atoms with van der Waals surface area (Å²) < 4.78 is 0. The lowest BCUT2D eigenvalue weighted by Gasteiger charge is -2.17. The molecule has 0 aliphatic carbocycles. The lowest BCUT2D eigenvalue weighted by atomic mass is 10.00. The molecule has 0 spiro atoms. The number of carboxylic acids is 1. The van der Waals surface area contributed by atoms with Crippen molar-refractivity contribution in [2.45, 2.75) is 0 Å². The van der Waals surface area contributed by atoms with E-state index in [2.05, 4.69) is 4.98 Å². The van der Waals surface area contributed by atoms with Crippen LogP contribution >= 0.6 is 23.2 Å². The molecule has 1 N–H and O–H groups in total. The number of nitrogens with zero attached hydrogens (tertiary/aromatic N) is 1. The Morgan fingerprint density at radius 1 is 1.00 bits per heavy atom. The van der Waals surface area contributed by atoms with Crippen molar-refractivity contribution in [3.05, 3.63) is 70.2 Å². The van der Waals surface area contributed by atoms with Crippen LogP contribution in [0.15, 0.2) is 54.6 Å². The highest BCUT2D eigenvalue weighted by Crippen LogP contribution is 2.37. The smallest absolute Gasteiger partial charge is 0.336 e. The Balaban J connectivity index is 2.15. The number of halogens is 2. The molecule has 0 aliphatic rings. The van der Waals surface area contributed by atoms with Gasteiger partial charge >= 0.3 is 5.97 Å². The van der Waals surface area contributed by atoms with Crippen molar-refractivity contribution in [1.29, 1.82) is 0 Å². The maximum atomic E-state index is 12.4. The van der Waals surface area contributed by atoms with E-state index in [0.29, 0.717) is 10.9 Å². The highest BCUT2D eigenvalue weighted by molar-refractivity contribution is 6.36. The first-order valence-corrected chi connectivity index (χ1v) is 8.43. The number of benzene rings is 3. The first-order valence-electron chi connectivity index (χ1n) is 7.68. The number of aromatic carboxylic acids is 1. The summed E-state index contributed by atoms with van der Waals surface area (Å²) in [6, 6.07) is 15.3. The summed E-state index contributed by atoms with van der Waals surface area (Å²) >= 11 is 12.0. The Morgan fingerprint density at radius 3 is 2.54 bits per heavy atom. The van der Waals surface area contributed by atoms with Crippen LogP contribution in [0.5, 0.6) is 5.75 Å². The molecule has 0 amide bonds. The van der Waals surface area contributed by atoms with Gasteiger partial charge in [-0.05, 0) is 29.1 Å². The lowest BCUT2D eigenvalue weighted by Crippen LogP contribution is -2.02. The van der Waals surface area contributed by atoms with Crippen LogP contribution in [-0.4, -0.2) is 16.1 Å². The predicted molar refractivity (Wildman–Crippen MR) is 101 cm³/mol. The normalized spacial score (nSPS) is 11.2. The quantitative estimate of drug-likeness (QED) is 0.487. The van der Waals surface area contributed by atoms with Gasteiger partial charge in [0.2, 0.25) is 0 Å². The number of fused-ring (bicyclic) bond motifs is 3. The van der Waals surface area contributed by atoms with Crippen molar-refractivity contribution in [2.75, 3.05) is 0 Å². The first kappa shape index (κ1) is 16.6.